The van der Waals surface area contributed by atoms with E-state index < -0.39 is 0 Å². The Bertz CT molecular complexity index is 492. The predicted octanol–water partition coefficient (Wildman–Crippen LogP) is 3.17. The van der Waals surface area contributed by atoms with Crippen LogP contribution in [-0.4, -0.2) is 16.1 Å². The Morgan fingerprint density at radius 1 is 1.42 bits per heavy atom. The Balaban J connectivity index is 1.54. The fraction of sp³-hybridized carbons (Fsp3) is 0.533. The van der Waals surface area contributed by atoms with Gasteiger partial charge in [0.05, 0.1) is 6.33 Å². The van der Waals surface area contributed by atoms with Crippen molar-refractivity contribution in [3.63, 3.8) is 0 Å². The van der Waals surface area contributed by atoms with Crippen molar-refractivity contribution in [2.45, 2.75) is 45.2 Å². The maximum Gasteiger partial charge on any atom is 0.0946 e. The van der Waals surface area contributed by atoms with Crippen LogP contribution in [-0.2, 0) is 19.4 Å². The molecule has 1 atom stereocenters. The summed E-state index contributed by atoms with van der Waals surface area (Å²) in [6.07, 6.45) is 11.0. The molecule has 1 N–H and O–H groups in total. The Morgan fingerprint density at radius 2 is 2.32 bits per heavy atom. The third kappa shape index (κ3) is 3.07. The molecule has 0 bridgehead atoms. The van der Waals surface area contributed by atoms with Gasteiger partial charge in [-0.1, -0.05) is 0 Å². The molecule has 4 heteroatoms. The van der Waals surface area contributed by atoms with Crippen LogP contribution in [0.1, 0.15) is 41.1 Å². The van der Waals surface area contributed by atoms with Gasteiger partial charge in [-0.25, -0.2) is 4.98 Å². The summed E-state index contributed by atoms with van der Waals surface area (Å²) >= 11 is 2.01. The summed E-state index contributed by atoms with van der Waals surface area (Å²) in [7, 11) is 0. The third-order valence-electron chi connectivity index (χ3n) is 3.82. The molecule has 0 spiro atoms. The number of aryl methyl sites for hydroxylation is 2. The van der Waals surface area contributed by atoms with Crippen molar-refractivity contribution in [1.82, 2.24) is 14.9 Å². The molecule has 1 aliphatic carbocycles. The highest BCUT2D eigenvalue weighted by Crippen LogP contribution is 2.32. The molecular formula is C15H21N3S. The quantitative estimate of drug-likeness (QED) is 0.908. The highest BCUT2D eigenvalue weighted by molar-refractivity contribution is 7.12. The number of fused-ring (bicyclic) bond motifs is 1. The van der Waals surface area contributed by atoms with Gasteiger partial charge in [-0.3, -0.25) is 0 Å². The number of thiophene rings is 1. The molecule has 2 aromatic rings. The van der Waals surface area contributed by atoms with Crippen LogP contribution in [0.25, 0.3) is 0 Å². The smallest absolute Gasteiger partial charge is 0.0946 e. The highest BCUT2D eigenvalue weighted by Gasteiger charge is 2.16. The first-order valence-corrected chi connectivity index (χ1v) is 7.95. The molecule has 102 valence electrons. The monoisotopic (exact) mass is 275 g/mol. The lowest BCUT2D eigenvalue weighted by Crippen LogP contribution is -2.22. The van der Waals surface area contributed by atoms with E-state index in [-0.39, 0.29) is 0 Å². The van der Waals surface area contributed by atoms with E-state index in [4.69, 9.17) is 0 Å². The molecule has 1 unspecified atom stereocenters. The lowest BCUT2D eigenvalue weighted by Gasteiger charge is -2.12. The molecule has 0 saturated carbocycles. The van der Waals surface area contributed by atoms with Gasteiger partial charge in [-0.05, 0) is 44.2 Å². The van der Waals surface area contributed by atoms with Crippen molar-refractivity contribution in [3.8, 4) is 0 Å². The molecule has 19 heavy (non-hydrogen) atoms. The van der Waals surface area contributed by atoms with Gasteiger partial charge in [0.15, 0.2) is 0 Å². The first-order chi connectivity index (χ1) is 9.33. The van der Waals surface area contributed by atoms with E-state index in [9.17, 15) is 0 Å². The van der Waals surface area contributed by atoms with Gasteiger partial charge >= 0.3 is 0 Å². The standard InChI is InChI=1S/C15H21N3S/c1-12(17-7-9-18-8-6-16-11-18)15-10-13-4-2-3-5-14(13)19-15/h6,8,10-12,17H,2-5,7,9H2,1H3. The van der Waals surface area contributed by atoms with Crippen LogP contribution in [0.15, 0.2) is 24.8 Å². The Hall–Kier alpha value is -1.13. The molecule has 2 aromatic heterocycles. The molecule has 0 aliphatic heterocycles. The summed E-state index contributed by atoms with van der Waals surface area (Å²) in [5.41, 5.74) is 1.61. The molecule has 3 rings (SSSR count). The van der Waals surface area contributed by atoms with Gasteiger partial charge in [-0.15, -0.1) is 11.3 Å². The molecular weight excluding hydrogens is 254 g/mol. The normalized spacial score (nSPS) is 16.3. The number of imidazole rings is 1. The van der Waals surface area contributed by atoms with Crippen molar-refractivity contribution in [2.75, 3.05) is 6.54 Å². The van der Waals surface area contributed by atoms with E-state index in [1.165, 1.54) is 30.6 Å². The van der Waals surface area contributed by atoms with E-state index in [0.29, 0.717) is 6.04 Å². The van der Waals surface area contributed by atoms with Crippen LogP contribution in [0.5, 0.6) is 0 Å². The van der Waals surface area contributed by atoms with E-state index in [1.807, 2.05) is 30.1 Å². The average molecular weight is 275 g/mol. The minimum absolute atomic E-state index is 0.458. The summed E-state index contributed by atoms with van der Waals surface area (Å²) in [6.45, 7) is 4.24. The number of hydrogen-bond acceptors (Lipinski definition) is 3. The van der Waals surface area contributed by atoms with Crippen LogP contribution in [0.3, 0.4) is 0 Å². The van der Waals surface area contributed by atoms with Crippen LogP contribution < -0.4 is 5.32 Å². The van der Waals surface area contributed by atoms with E-state index in [1.54, 1.807) is 10.4 Å². The fourth-order valence-corrected chi connectivity index (χ4v) is 3.94. The van der Waals surface area contributed by atoms with E-state index >= 15 is 0 Å². The van der Waals surface area contributed by atoms with Crippen molar-refractivity contribution in [1.29, 1.82) is 0 Å². The van der Waals surface area contributed by atoms with Crippen molar-refractivity contribution >= 4 is 11.3 Å². The van der Waals surface area contributed by atoms with Crippen molar-refractivity contribution in [2.24, 2.45) is 0 Å². The number of hydrogen-bond donors (Lipinski definition) is 1. The minimum atomic E-state index is 0.458. The maximum atomic E-state index is 4.06. The molecule has 1 aliphatic rings. The van der Waals surface area contributed by atoms with Crippen LogP contribution in [0.4, 0.5) is 0 Å². The largest absolute Gasteiger partial charge is 0.336 e. The molecule has 0 fully saturated rings. The van der Waals surface area contributed by atoms with Gasteiger partial charge in [0.25, 0.3) is 0 Å². The Labute approximate surface area is 118 Å². The molecule has 0 radical (unpaired) electrons. The Kier molecular flexibility index (Phi) is 3.99. The lowest BCUT2D eigenvalue weighted by atomic mass is 9.99. The molecule has 0 saturated heterocycles. The second-order valence-electron chi connectivity index (χ2n) is 5.28. The Morgan fingerprint density at radius 3 is 3.11 bits per heavy atom. The number of nitrogens with zero attached hydrogens (tertiary/aromatic N) is 2. The predicted molar refractivity (Wildman–Crippen MR) is 79.6 cm³/mol. The number of aromatic nitrogens is 2. The summed E-state index contributed by atoms with van der Waals surface area (Å²) in [5, 5.41) is 3.61. The SMILES string of the molecule is CC(NCCn1ccnc1)c1cc2c(s1)CCCC2. The maximum absolute atomic E-state index is 4.06. The topological polar surface area (TPSA) is 29.9 Å². The van der Waals surface area contributed by atoms with Gasteiger partial charge in [-0.2, -0.15) is 0 Å². The summed E-state index contributed by atoms with van der Waals surface area (Å²) in [6, 6.07) is 2.88. The third-order valence-corrected chi connectivity index (χ3v) is 5.24. The summed E-state index contributed by atoms with van der Waals surface area (Å²) in [4.78, 5) is 7.19. The summed E-state index contributed by atoms with van der Waals surface area (Å²) in [5.74, 6) is 0. The summed E-state index contributed by atoms with van der Waals surface area (Å²) < 4.78 is 2.11. The molecule has 0 amide bonds. The van der Waals surface area contributed by atoms with Crippen LogP contribution in [0, 0.1) is 0 Å². The lowest BCUT2D eigenvalue weighted by molar-refractivity contribution is 0.536. The molecule has 3 nitrogen and oxygen atoms in total. The van der Waals surface area contributed by atoms with Gasteiger partial charge in [0.2, 0.25) is 0 Å². The van der Waals surface area contributed by atoms with Gasteiger partial charge in [0.1, 0.15) is 0 Å². The van der Waals surface area contributed by atoms with Gasteiger partial charge < -0.3 is 9.88 Å². The molecule has 2 heterocycles. The van der Waals surface area contributed by atoms with Crippen LogP contribution >= 0.6 is 11.3 Å². The fourth-order valence-electron chi connectivity index (χ4n) is 2.66. The number of nitrogens with one attached hydrogen (secondary N) is 1. The molecule has 0 aromatic carbocycles. The zero-order chi connectivity index (χ0) is 13.1. The zero-order valence-electron chi connectivity index (χ0n) is 11.4. The first-order valence-electron chi connectivity index (χ1n) is 7.13. The van der Waals surface area contributed by atoms with Crippen molar-refractivity contribution in [3.05, 3.63) is 40.1 Å². The first kappa shape index (κ1) is 12.9. The van der Waals surface area contributed by atoms with E-state index in [2.05, 4.69) is 27.9 Å². The number of rotatable bonds is 5. The van der Waals surface area contributed by atoms with E-state index in [0.717, 1.165) is 13.1 Å². The average Bonchev–Trinajstić information content (AvgIpc) is 3.07. The highest BCUT2D eigenvalue weighted by atomic mass is 32.1. The van der Waals surface area contributed by atoms with Gasteiger partial charge in [0, 0.05) is 41.3 Å². The second-order valence-corrected chi connectivity index (χ2v) is 6.45. The minimum Gasteiger partial charge on any atom is -0.336 e. The van der Waals surface area contributed by atoms with Crippen molar-refractivity contribution < 1.29 is 0 Å². The second kappa shape index (κ2) is 5.88. The zero-order valence-corrected chi connectivity index (χ0v) is 12.2. The van der Waals surface area contributed by atoms with Crippen LogP contribution in [0.2, 0.25) is 0 Å².